The van der Waals surface area contributed by atoms with Crippen LogP contribution in [0.4, 0.5) is 0 Å². The summed E-state index contributed by atoms with van der Waals surface area (Å²) in [6.07, 6.45) is 5.18. The summed E-state index contributed by atoms with van der Waals surface area (Å²) in [5.74, 6) is 1.05. The van der Waals surface area contributed by atoms with Crippen molar-refractivity contribution in [2.45, 2.75) is 64.8 Å². The maximum atomic E-state index is 6.37. The quantitative estimate of drug-likeness (QED) is 0.688. The number of rotatable bonds is 10. The van der Waals surface area contributed by atoms with E-state index in [1.807, 2.05) is 11.8 Å². The van der Waals surface area contributed by atoms with Crippen LogP contribution in [-0.4, -0.2) is 27.3 Å². The van der Waals surface area contributed by atoms with Gasteiger partial charge in [0.15, 0.2) is 0 Å². The fraction of sp³-hybridized carbons (Fsp3) is 0.800. The first-order valence-electron chi connectivity index (χ1n) is 7.70. The maximum Gasteiger partial charge on any atom is 0.0834 e. The normalized spacial score (nSPS) is 14.4. The van der Waals surface area contributed by atoms with Crippen LogP contribution in [0.2, 0.25) is 5.02 Å². The molecule has 0 saturated carbocycles. The van der Waals surface area contributed by atoms with E-state index in [1.165, 1.54) is 6.42 Å². The summed E-state index contributed by atoms with van der Waals surface area (Å²) in [4.78, 5) is 0. The third kappa shape index (κ3) is 5.30. The molecule has 1 aromatic rings. The van der Waals surface area contributed by atoms with E-state index >= 15 is 0 Å². The molecule has 0 aliphatic rings. The largest absolute Gasteiger partial charge is 0.308 e. The number of aryl methyl sites for hydroxylation is 1. The van der Waals surface area contributed by atoms with Gasteiger partial charge in [0.25, 0.3) is 0 Å². The molecule has 1 rings (SSSR count). The first-order valence-corrected chi connectivity index (χ1v) is 9.12. The van der Waals surface area contributed by atoms with Crippen LogP contribution in [0.1, 0.15) is 58.7 Å². The predicted octanol–water partition coefficient (Wildman–Crippen LogP) is 4.52. The molecule has 0 bridgehead atoms. The Morgan fingerprint density at radius 2 is 2.10 bits per heavy atom. The van der Waals surface area contributed by atoms with Gasteiger partial charge in [-0.15, -0.1) is 0 Å². The molecule has 1 aromatic heterocycles. The zero-order valence-corrected chi connectivity index (χ0v) is 14.7. The van der Waals surface area contributed by atoms with E-state index in [0.717, 1.165) is 42.4 Å². The molecule has 2 atom stereocenters. The second-order valence-electron chi connectivity index (χ2n) is 5.16. The van der Waals surface area contributed by atoms with Gasteiger partial charge >= 0.3 is 0 Å². The van der Waals surface area contributed by atoms with Gasteiger partial charge in [0, 0.05) is 17.5 Å². The van der Waals surface area contributed by atoms with E-state index < -0.39 is 0 Å². The zero-order valence-electron chi connectivity index (χ0n) is 13.2. The van der Waals surface area contributed by atoms with Gasteiger partial charge in [-0.25, -0.2) is 0 Å². The number of thioether (sulfide) groups is 1. The van der Waals surface area contributed by atoms with E-state index in [0.29, 0.717) is 5.25 Å². The van der Waals surface area contributed by atoms with Gasteiger partial charge in [0.2, 0.25) is 0 Å². The standard InChI is InChI=1S/C15H28ClN3S/c1-5-8-17-14(11-20-12(4)7-3)15-13(16)10-18-19(15)9-6-2/h10,12,14,17H,5-9,11H2,1-4H3. The Labute approximate surface area is 132 Å². The van der Waals surface area contributed by atoms with Crippen molar-refractivity contribution in [2.75, 3.05) is 12.3 Å². The summed E-state index contributed by atoms with van der Waals surface area (Å²) >= 11 is 8.38. The first-order chi connectivity index (χ1) is 9.63. The topological polar surface area (TPSA) is 29.9 Å². The predicted molar refractivity (Wildman–Crippen MR) is 90.8 cm³/mol. The zero-order chi connectivity index (χ0) is 15.0. The average molecular weight is 318 g/mol. The summed E-state index contributed by atoms with van der Waals surface area (Å²) < 4.78 is 2.06. The van der Waals surface area contributed by atoms with Crippen molar-refractivity contribution in [3.8, 4) is 0 Å². The summed E-state index contributed by atoms with van der Waals surface area (Å²) in [5, 5.41) is 9.51. The van der Waals surface area contributed by atoms with Crippen LogP contribution in [0.25, 0.3) is 0 Å². The molecular weight excluding hydrogens is 290 g/mol. The minimum absolute atomic E-state index is 0.287. The molecule has 20 heavy (non-hydrogen) atoms. The highest BCUT2D eigenvalue weighted by Crippen LogP contribution is 2.28. The lowest BCUT2D eigenvalue weighted by Gasteiger charge is -2.21. The van der Waals surface area contributed by atoms with Crippen molar-refractivity contribution < 1.29 is 0 Å². The van der Waals surface area contributed by atoms with E-state index in [1.54, 1.807) is 6.20 Å². The molecule has 3 nitrogen and oxygen atoms in total. The van der Waals surface area contributed by atoms with E-state index in [9.17, 15) is 0 Å². The Morgan fingerprint density at radius 1 is 1.35 bits per heavy atom. The van der Waals surface area contributed by atoms with Crippen molar-refractivity contribution in [1.29, 1.82) is 0 Å². The molecule has 2 unspecified atom stereocenters. The van der Waals surface area contributed by atoms with E-state index in [2.05, 4.69) is 42.8 Å². The van der Waals surface area contributed by atoms with Gasteiger partial charge in [-0.1, -0.05) is 39.3 Å². The van der Waals surface area contributed by atoms with Crippen molar-refractivity contribution in [2.24, 2.45) is 0 Å². The smallest absolute Gasteiger partial charge is 0.0834 e. The van der Waals surface area contributed by atoms with Crippen molar-refractivity contribution in [3.63, 3.8) is 0 Å². The Hall–Kier alpha value is -0.190. The van der Waals surface area contributed by atoms with Gasteiger partial charge in [-0.3, -0.25) is 4.68 Å². The van der Waals surface area contributed by atoms with E-state index in [4.69, 9.17) is 11.6 Å². The second kappa shape index (κ2) is 9.69. The number of aromatic nitrogens is 2. The molecule has 1 N–H and O–H groups in total. The molecule has 1 heterocycles. The number of hydrogen-bond acceptors (Lipinski definition) is 3. The van der Waals surface area contributed by atoms with Crippen molar-refractivity contribution in [3.05, 3.63) is 16.9 Å². The molecule has 0 aliphatic heterocycles. The molecule has 0 fully saturated rings. The lowest BCUT2D eigenvalue weighted by molar-refractivity contribution is 0.498. The molecule has 0 spiro atoms. The highest BCUT2D eigenvalue weighted by atomic mass is 35.5. The van der Waals surface area contributed by atoms with Crippen molar-refractivity contribution in [1.82, 2.24) is 15.1 Å². The van der Waals surface area contributed by atoms with E-state index in [-0.39, 0.29) is 6.04 Å². The third-order valence-electron chi connectivity index (χ3n) is 3.36. The molecule has 0 aliphatic carbocycles. The van der Waals surface area contributed by atoms with Crippen LogP contribution in [-0.2, 0) is 6.54 Å². The minimum Gasteiger partial charge on any atom is -0.308 e. The fourth-order valence-corrected chi connectivity index (χ4v) is 3.35. The van der Waals surface area contributed by atoms with Crippen molar-refractivity contribution >= 4 is 23.4 Å². The third-order valence-corrected chi connectivity index (χ3v) is 5.08. The summed E-state index contributed by atoms with van der Waals surface area (Å²) in [7, 11) is 0. The second-order valence-corrected chi connectivity index (χ2v) is 7.04. The lowest BCUT2D eigenvalue weighted by Crippen LogP contribution is -2.27. The summed E-state index contributed by atoms with van der Waals surface area (Å²) in [6.45, 7) is 10.8. The van der Waals surface area contributed by atoms with Crippen LogP contribution < -0.4 is 5.32 Å². The van der Waals surface area contributed by atoms with Gasteiger partial charge in [-0.05, 0) is 25.8 Å². The van der Waals surface area contributed by atoms with Crippen LogP contribution in [0.5, 0.6) is 0 Å². The highest BCUT2D eigenvalue weighted by molar-refractivity contribution is 7.99. The highest BCUT2D eigenvalue weighted by Gasteiger charge is 2.20. The Bertz CT molecular complexity index is 381. The Balaban J connectivity index is 2.82. The fourth-order valence-electron chi connectivity index (χ4n) is 2.04. The molecular formula is C15H28ClN3S. The molecule has 0 radical (unpaired) electrons. The van der Waals surface area contributed by atoms with Crippen LogP contribution in [0, 0.1) is 0 Å². The minimum atomic E-state index is 0.287. The average Bonchev–Trinajstić information content (AvgIpc) is 2.80. The molecule has 0 saturated heterocycles. The number of nitrogens with zero attached hydrogens (tertiary/aromatic N) is 2. The summed E-state index contributed by atoms with van der Waals surface area (Å²) in [5.41, 5.74) is 1.15. The number of hydrogen-bond donors (Lipinski definition) is 1. The number of nitrogens with one attached hydrogen (secondary N) is 1. The Kier molecular flexibility index (Phi) is 8.66. The number of halogens is 1. The molecule has 5 heteroatoms. The molecule has 0 amide bonds. The first kappa shape index (κ1) is 17.9. The molecule has 116 valence electrons. The molecule has 0 aromatic carbocycles. The monoisotopic (exact) mass is 317 g/mol. The van der Waals surface area contributed by atoms with Crippen LogP contribution in [0.3, 0.4) is 0 Å². The van der Waals surface area contributed by atoms with Gasteiger partial charge in [0.1, 0.15) is 0 Å². The maximum absolute atomic E-state index is 6.37. The summed E-state index contributed by atoms with van der Waals surface area (Å²) in [6, 6.07) is 0.287. The lowest BCUT2D eigenvalue weighted by atomic mass is 10.2. The van der Waals surface area contributed by atoms with Gasteiger partial charge in [0.05, 0.1) is 23.0 Å². The van der Waals surface area contributed by atoms with Gasteiger partial charge in [-0.2, -0.15) is 16.9 Å². The van der Waals surface area contributed by atoms with Crippen LogP contribution in [0.15, 0.2) is 6.20 Å². The van der Waals surface area contributed by atoms with Gasteiger partial charge < -0.3 is 5.32 Å². The Morgan fingerprint density at radius 3 is 2.70 bits per heavy atom. The van der Waals surface area contributed by atoms with Crippen LogP contribution >= 0.6 is 23.4 Å². The SMILES string of the molecule is CCCNC(CSC(C)CC)c1c(Cl)cnn1CCC.